The van der Waals surface area contributed by atoms with E-state index in [9.17, 15) is 28.8 Å². The summed E-state index contributed by atoms with van der Waals surface area (Å²) in [7, 11) is 1.22. The molecule has 1 heterocycles. The molecule has 3 atom stereocenters. The van der Waals surface area contributed by atoms with Crippen molar-refractivity contribution >= 4 is 35.6 Å². The first-order valence-corrected chi connectivity index (χ1v) is 13.0. The number of benzene rings is 1. The van der Waals surface area contributed by atoms with Crippen molar-refractivity contribution in [3.05, 3.63) is 30.3 Å². The zero-order valence-electron chi connectivity index (χ0n) is 23.1. The van der Waals surface area contributed by atoms with Gasteiger partial charge in [-0.3, -0.25) is 28.9 Å². The Labute approximate surface area is 228 Å². The van der Waals surface area contributed by atoms with Crippen LogP contribution in [0.25, 0.3) is 0 Å². The highest BCUT2D eigenvalue weighted by atomic mass is 16.6. The summed E-state index contributed by atoms with van der Waals surface area (Å²) in [5, 5.41) is 5.04. The zero-order chi connectivity index (χ0) is 29.1. The molecule has 0 saturated carbocycles. The van der Waals surface area contributed by atoms with Gasteiger partial charge < -0.3 is 25.0 Å². The lowest BCUT2D eigenvalue weighted by molar-refractivity contribution is -0.142. The molecule has 12 heteroatoms. The number of ketones is 1. The van der Waals surface area contributed by atoms with Crippen LogP contribution < -0.4 is 15.4 Å². The third-order valence-corrected chi connectivity index (χ3v) is 6.32. The first-order chi connectivity index (χ1) is 18.4. The van der Waals surface area contributed by atoms with Gasteiger partial charge in [0.1, 0.15) is 17.8 Å². The Balaban J connectivity index is 1.95. The van der Waals surface area contributed by atoms with Crippen molar-refractivity contribution in [1.82, 2.24) is 20.4 Å². The van der Waals surface area contributed by atoms with Gasteiger partial charge in [0.05, 0.1) is 26.1 Å². The Morgan fingerprint density at radius 1 is 0.974 bits per heavy atom. The van der Waals surface area contributed by atoms with Crippen molar-refractivity contribution in [1.29, 1.82) is 0 Å². The lowest BCUT2D eigenvalue weighted by Gasteiger charge is -2.30. The second-order valence-corrected chi connectivity index (χ2v) is 9.65. The van der Waals surface area contributed by atoms with Crippen molar-refractivity contribution in [3.8, 4) is 5.75 Å². The minimum Gasteiger partial charge on any atom is -0.469 e. The number of hydrogen-bond acceptors (Lipinski definition) is 8. The van der Waals surface area contributed by atoms with Crippen LogP contribution in [0.4, 0.5) is 4.79 Å². The predicted octanol–water partition coefficient (Wildman–Crippen LogP) is 1.42. The highest BCUT2D eigenvalue weighted by Gasteiger charge is 2.38. The second kappa shape index (κ2) is 14.8. The average Bonchev–Trinajstić information content (AvgIpc) is 3.40. The van der Waals surface area contributed by atoms with Crippen molar-refractivity contribution in [2.24, 2.45) is 0 Å². The number of ether oxygens (including phenoxy) is 2. The summed E-state index contributed by atoms with van der Waals surface area (Å²) >= 11 is 0. The number of esters is 1. The third kappa shape index (κ3) is 9.38. The summed E-state index contributed by atoms with van der Waals surface area (Å²) in [5.74, 6) is -2.01. The molecule has 214 valence electrons. The van der Waals surface area contributed by atoms with Gasteiger partial charge in [-0.1, -0.05) is 18.2 Å². The summed E-state index contributed by atoms with van der Waals surface area (Å²) in [6.07, 6.45) is 0.128. The Morgan fingerprint density at radius 2 is 1.64 bits per heavy atom. The van der Waals surface area contributed by atoms with Crippen LogP contribution in [0.5, 0.6) is 5.75 Å². The Hall–Kier alpha value is -3.96. The van der Waals surface area contributed by atoms with E-state index in [1.54, 1.807) is 44.2 Å². The van der Waals surface area contributed by atoms with E-state index in [4.69, 9.17) is 4.74 Å². The molecule has 1 aromatic rings. The summed E-state index contributed by atoms with van der Waals surface area (Å²) in [6.45, 7) is 6.61. The first kappa shape index (κ1) is 31.3. The third-order valence-electron chi connectivity index (χ3n) is 6.32. The lowest BCUT2D eigenvalue weighted by atomic mass is 10.1. The maximum absolute atomic E-state index is 13.2. The monoisotopic (exact) mass is 546 g/mol. The fourth-order valence-electron chi connectivity index (χ4n) is 4.09. The van der Waals surface area contributed by atoms with E-state index in [2.05, 4.69) is 15.4 Å². The van der Waals surface area contributed by atoms with Crippen molar-refractivity contribution in [2.45, 2.75) is 77.5 Å². The fourth-order valence-corrected chi connectivity index (χ4v) is 4.09. The van der Waals surface area contributed by atoms with Crippen LogP contribution in [0, 0.1) is 0 Å². The molecule has 0 aromatic heterocycles. The van der Waals surface area contributed by atoms with Crippen LogP contribution >= 0.6 is 0 Å². The number of hydrogen-bond donors (Lipinski definition) is 2. The molecule has 1 aromatic carbocycles. The van der Waals surface area contributed by atoms with E-state index < -0.39 is 47.9 Å². The van der Waals surface area contributed by atoms with E-state index in [0.717, 1.165) is 0 Å². The van der Waals surface area contributed by atoms with Crippen LogP contribution in [0.15, 0.2) is 30.3 Å². The van der Waals surface area contributed by atoms with E-state index in [1.165, 1.54) is 30.8 Å². The molecule has 1 saturated heterocycles. The van der Waals surface area contributed by atoms with Gasteiger partial charge in [-0.15, -0.1) is 0 Å². The summed E-state index contributed by atoms with van der Waals surface area (Å²) in [4.78, 5) is 77.6. The molecule has 1 aliphatic rings. The number of nitrogens with zero attached hydrogens (tertiary/aromatic N) is 2. The van der Waals surface area contributed by atoms with E-state index >= 15 is 0 Å². The quantitative estimate of drug-likeness (QED) is 0.374. The Morgan fingerprint density at radius 3 is 2.26 bits per heavy atom. The van der Waals surface area contributed by atoms with Crippen LogP contribution in [0.2, 0.25) is 0 Å². The van der Waals surface area contributed by atoms with Crippen LogP contribution in [0.3, 0.4) is 0 Å². The maximum atomic E-state index is 13.2. The number of nitrogens with one attached hydrogen (secondary N) is 2. The van der Waals surface area contributed by atoms with Crippen LogP contribution in [-0.2, 0) is 28.7 Å². The van der Waals surface area contributed by atoms with Gasteiger partial charge in [-0.05, 0) is 52.7 Å². The van der Waals surface area contributed by atoms with Crippen LogP contribution in [0.1, 0.15) is 53.4 Å². The maximum Gasteiger partial charge on any atom is 0.415 e. The van der Waals surface area contributed by atoms with Crippen molar-refractivity contribution in [3.63, 3.8) is 0 Å². The summed E-state index contributed by atoms with van der Waals surface area (Å²) in [5.41, 5.74) is 0. The molecule has 3 unspecified atom stereocenters. The summed E-state index contributed by atoms with van der Waals surface area (Å²) < 4.78 is 9.88. The van der Waals surface area contributed by atoms with Crippen LogP contribution in [-0.4, -0.2) is 89.7 Å². The molecular weight excluding hydrogens is 508 g/mol. The molecular formula is C27H38N4O8. The number of carbonyl (C=O) groups is 6. The number of rotatable bonds is 12. The largest absolute Gasteiger partial charge is 0.469 e. The molecule has 39 heavy (non-hydrogen) atoms. The van der Waals surface area contributed by atoms with E-state index in [0.29, 0.717) is 25.1 Å². The van der Waals surface area contributed by atoms with Gasteiger partial charge in [0, 0.05) is 19.0 Å². The standard InChI is InChI=1S/C27H38N4O8/c1-17(2)31(27(37)39-20-10-7-6-8-11-20)16-22(32)21-12-9-15-30(21)26(36)19(4)29-25(35)18(3)28-23(33)13-14-24(34)38-5/h6-8,10-11,17-19,21H,9,12-16H2,1-5H3,(H,28,33)(H,29,35). The number of carbonyl (C=O) groups excluding carboxylic acids is 6. The topological polar surface area (TPSA) is 151 Å². The van der Waals surface area contributed by atoms with Gasteiger partial charge >= 0.3 is 12.1 Å². The first-order valence-electron chi connectivity index (χ1n) is 13.0. The van der Waals surface area contributed by atoms with Gasteiger partial charge in [0.15, 0.2) is 5.78 Å². The predicted molar refractivity (Wildman–Crippen MR) is 141 cm³/mol. The van der Waals surface area contributed by atoms with Gasteiger partial charge in [-0.25, -0.2) is 4.79 Å². The molecule has 0 radical (unpaired) electrons. The number of para-hydroxylation sites is 1. The van der Waals surface area contributed by atoms with Gasteiger partial charge in [0.2, 0.25) is 17.7 Å². The summed E-state index contributed by atoms with van der Waals surface area (Å²) in [6, 6.07) is 5.57. The highest BCUT2D eigenvalue weighted by molar-refractivity contribution is 5.96. The Bertz CT molecular complexity index is 1050. The lowest BCUT2D eigenvalue weighted by Crippen LogP contribution is -2.55. The molecule has 0 spiro atoms. The Kier molecular flexibility index (Phi) is 11.9. The molecule has 2 N–H and O–H groups in total. The second-order valence-electron chi connectivity index (χ2n) is 9.65. The van der Waals surface area contributed by atoms with Crippen molar-refractivity contribution < 1.29 is 38.2 Å². The van der Waals surface area contributed by atoms with E-state index in [-0.39, 0.29) is 31.2 Å². The smallest absolute Gasteiger partial charge is 0.415 e. The van der Waals surface area contributed by atoms with Gasteiger partial charge in [-0.2, -0.15) is 0 Å². The minimum absolute atomic E-state index is 0.117. The van der Waals surface area contributed by atoms with Gasteiger partial charge in [0.25, 0.3) is 0 Å². The number of methoxy groups -OCH3 is 1. The molecule has 1 fully saturated rings. The molecule has 12 nitrogen and oxygen atoms in total. The molecule has 4 amide bonds. The minimum atomic E-state index is -0.954. The average molecular weight is 547 g/mol. The zero-order valence-corrected chi connectivity index (χ0v) is 23.1. The number of amides is 4. The fraction of sp³-hybridized carbons (Fsp3) is 0.556. The molecule has 1 aliphatic heterocycles. The normalized spacial score (nSPS) is 16.2. The molecule has 2 rings (SSSR count). The van der Waals surface area contributed by atoms with E-state index in [1.807, 2.05) is 0 Å². The van der Waals surface area contributed by atoms with Crippen molar-refractivity contribution in [2.75, 3.05) is 20.2 Å². The molecule has 0 bridgehead atoms. The molecule has 0 aliphatic carbocycles. The number of Topliss-reactive ketones (excluding diaryl/α,β-unsaturated/α-hetero) is 1. The highest BCUT2D eigenvalue weighted by Crippen LogP contribution is 2.21. The number of likely N-dealkylation sites (tertiary alicyclic amines) is 1. The SMILES string of the molecule is COC(=O)CCC(=O)NC(C)C(=O)NC(C)C(=O)N1CCCC1C(=O)CN(C(=O)Oc1ccccc1)C(C)C.